The second kappa shape index (κ2) is 9.34. The highest BCUT2D eigenvalue weighted by atomic mass is 32.2. The smallest absolute Gasteiger partial charge is 0.261 e. The van der Waals surface area contributed by atoms with Crippen LogP contribution in [0.5, 0.6) is 5.75 Å². The Hall–Kier alpha value is -3.84. The normalized spacial score (nSPS) is 12.2. The van der Waals surface area contributed by atoms with Gasteiger partial charge in [0.1, 0.15) is 5.75 Å². The summed E-state index contributed by atoms with van der Waals surface area (Å²) in [6, 6.07) is 26.2. The summed E-state index contributed by atoms with van der Waals surface area (Å²) in [6.45, 7) is 1.88. The molecular weight excluding hydrogens is 436 g/mol. The second-order valence-electron chi connectivity index (χ2n) is 7.63. The zero-order chi connectivity index (χ0) is 23.4. The maximum atomic E-state index is 13.1. The van der Waals surface area contributed by atoms with Crippen molar-refractivity contribution in [1.29, 1.82) is 0 Å². The van der Waals surface area contributed by atoms with Crippen LogP contribution in [0.25, 0.3) is 10.8 Å². The molecule has 7 heteroatoms. The fraction of sp³-hybridized carbons (Fsp3) is 0.115. The van der Waals surface area contributed by atoms with E-state index in [-0.39, 0.29) is 28.1 Å². The molecule has 0 aromatic heterocycles. The van der Waals surface area contributed by atoms with Crippen molar-refractivity contribution in [2.24, 2.45) is 0 Å². The zero-order valence-electron chi connectivity index (χ0n) is 18.3. The van der Waals surface area contributed by atoms with Crippen molar-refractivity contribution in [2.45, 2.75) is 17.9 Å². The van der Waals surface area contributed by atoms with Gasteiger partial charge in [0.05, 0.1) is 29.3 Å². The number of methoxy groups -OCH3 is 1. The summed E-state index contributed by atoms with van der Waals surface area (Å²) in [5, 5.41) is 4.56. The van der Waals surface area contributed by atoms with Gasteiger partial charge in [-0.3, -0.25) is 9.52 Å². The van der Waals surface area contributed by atoms with Gasteiger partial charge in [-0.25, -0.2) is 8.42 Å². The molecule has 33 heavy (non-hydrogen) atoms. The fourth-order valence-electron chi connectivity index (χ4n) is 3.57. The largest absolute Gasteiger partial charge is 0.497 e. The first-order valence-corrected chi connectivity index (χ1v) is 11.9. The lowest BCUT2D eigenvalue weighted by molar-refractivity contribution is 0.0941. The molecule has 4 rings (SSSR count). The van der Waals surface area contributed by atoms with Crippen LogP contribution in [0.15, 0.2) is 95.9 Å². The molecule has 0 radical (unpaired) electrons. The number of hydrogen-bond donors (Lipinski definition) is 2. The molecule has 168 valence electrons. The molecule has 2 N–H and O–H groups in total. The highest BCUT2D eigenvalue weighted by Crippen LogP contribution is 2.26. The van der Waals surface area contributed by atoms with Crippen LogP contribution >= 0.6 is 0 Å². The minimum Gasteiger partial charge on any atom is -0.497 e. The Labute approximate surface area is 193 Å². The Morgan fingerprint density at radius 3 is 2.27 bits per heavy atom. The number of fused-ring (bicyclic) bond motifs is 1. The van der Waals surface area contributed by atoms with E-state index >= 15 is 0 Å². The Bertz CT molecular complexity index is 1400. The maximum absolute atomic E-state index is 13.1. The number of carbonyl (C=O) groups excluding carboxylic acids is 1. The molecule has 0 saturated carbocycles. The van der Waals surface area contributed by atoms with Gasteiger partial charge in [-0.05, 0) is 59.7 Å². The molecule has 0 unspecified atom stereocenters. The summed E-state index contributed by atoms with van der Waals surface area (Å²) < 4.78 is 34.0. The summed E-state index contributed by atoms with van der Waals surface area (Å²) >= 11 is 0. The predicted molar refractivity (Wildman–Crippen MR) is 130 cm³/mol. The van der Waals surface area contributed by atoms with E-state index < -0.39 is 10.0 Å². The van der Waals surface area contributed by atoms with E-state index in [9.17, 15) is 13.2 Å². The molecule has 1 atom stereocenters. The van der Waals surface area contributed by atoms with Gasteiger partial charge >= 0.3 is 0 Å². The Morgan fingerprint density at radius 2 is 1.52 bits per heavy atom. The lowest BCUT2D eigenvalue weighted by Crippen LogP contribution is -2.28. The van der Waals surface area contributed by atoms with E-state index in [1.54, 1.807) is 55.6 Å². The lowest BCUT2D eigenvalue weighted by atomic mass is 10.1. The quantitative estimate of drug-likeness (QED) is 0.400. The second-order valence-corrected chi connectivity index (χ2v) is 9.31. The standard InChI is InChI=1S/C26H24N2O4S/c1-18(19-8-4-3-5-9-19)27-26(29)24-10-6-7-11-25(24)28-33(30,31)23-15-13-20-16-22(32-2)14-12-21(20)17-23/h3-18,28H,1-2H3,(H,27,29)/t18-/m1/s1. The van der Waals surface area contributed by atoms with Crippen molar-refractivity contribution in [1.82, 2.24) is 5.32 Å². The number of carbonyl (C=O) groups is 1. The number of ether oxygens (including phenoxy) is 1. The molecule has 0 fully saturated rings. The molecule has 1 amide bonds. The Morgan fingerprint density at radius 1 is 0.848 bits per heavy atom. The monoisotopic (exact) mass is 460 g/mol. The molecule has 4 aromatic rings. The third-order valence-electron chi connectivity index (χ3n) is 5.39. The lowest BCUT2D eigenvalue weighted by Gasteiger charge is -2.17. The first-order valence-electron chi connectivity index (χ1n) is 10.4. The average molecular weight is 461 g/mol. The van der Waals surface area contributed by atoms with Gasteiger partial charge in [0.25, 0.3) is 15.9 Å². The van der Waals surface area contributed by atoms with Crippen molar-refractivity contribution >= 4 is 32.4 Å². The Balaban J connectivity index is 1.59. The van der Waals surface area contributed by atoms with Crippen LogP contribution in [0.3, 0.4) is 0 Å². The highest BCUT2D eigenvalue weighted by molar-refractivity contribution is 7.92. The molecular formula is C26H24N2O4S. The minimum atomic E-state index is -3.92. The number of benzene rings is 4. The van der Waals surface area contributed by atoms with Crippen molar-refractivity contribution < 1.29 is 17.9 Å². The summed E-state index contributed by atoms with van der Waals surface area (Å²) in [5.41, 5.74) is 1.41. The van der Waals surface area contributed by atoms with Crippen molar-refractivity contribution in [3.63, 3.8) is 0 Å². The fourth-order valence-corrected chi connectivity index (χ4v) is 4.68. The average Bonchev–Trinajstić information content (AvgIpc) is 2.83. The van der Waals surface area contributed by atoms with Gasteiger partial charge in [-0.1, -0.05) is 54.6 Å². The van der Waals surface area contributed by atoms with Gasteiger partial charge in [0.15, 0.2) is 0 Å². The molecule has 0 spiro atoms. The molecule has 0 aliphatic carbocycles. The molecule has 0 aliphatic heterocycles. The SMILES string of the molecule is COc1ccc2cc(S(=O)(=O)Nc3ccccc3C(=O)N[C@H](C)c3ccccc3)ccc2c1. The van der Waals surface area contributed by atoms with Crippen molar-refractivity contribution in [3.05, 3.63) is 102 Å². The Kier molecular flexibility index (Phi) is 6.33. The van der Waals surface area contributed by atoms with E-state index in [1.807, 2.05) is 43.3 Å². The number of anilines is 1. The maximum Gasteiger partial charge on any atom is 0.261 e. The molecule has 4 aromatic carbocycles. The van der Waals surface area contributed by atoms with Crippen LogP contribution in [-0.4, -0.2) is 21.4 Å². The van der Waals surface area contributed by atoms with E-state index in [0.29, 0.717) is 5.75 Å². The number of rotatable bonds is 7. The van der Waals surface area contributed by atoms with E-state index in [0.717, 1.165) is 16.3 Å². The zero-order valence-corrected chi connectivity index (χ0v) is 19.1. The van der Waals surface area contributed by atoms with Gasteiger partial charge in [-0.2, -0.15) is 0 Å². The minimum absolute atomic E-state index is 0.105. The summed E-state index contributed by atoms with van der Waals surface area (Å²) in [5.74, 6) is 0.330. The van der Waals surface area contributed by atoms with Crippen LogP contribution in [0.2, 0.25) is 0 Å². The van der Waals surface area contributed by atoms with Gasteiger partial charge in [0.2, 0.25) is 0 Å². The van der Waals surface area contributed by atoms with E-state index in [4.69, 9.17) is 4.74 Å². The van der Waals surface area contributed by atoms with E-state index in [1.165, 1.54) is 6.07 Å². The number of amides is 1. The summed E-state index contributed by atoms with van der Waals surface area (Å²) in [7, 11) is -2.34. The molecule has 0 bridgehead atoms. The molecule has 6 nitrogen and oxygen atoms in total. The van der Waals surface area contributed by atoms with Crippen LogP contribution < -0.4 is 14.8 Å². The van der Waals surface area contributed by atoms with E-state index in [2.05, 4.69) is 10.0 Å². The molecule has 0 heterocycles. The molecule has 0 saturated heterocycles. The third kappa shape index (κ3) is 4.99. The van der Waals surface area contributed by atoms with Gasteiger partial charge in [0, 0.05) is 0 Å². The van der Waals surface area contributed by atoms with Crippen molar-refractivity contribution in [2.75, 3.05) is 11.8 Å². The highest BCUT2D eigenvalue weighted by Gasteiger charge is 2.20. The number of nitrogens with one attached hydrogen (secondary N) is 2. The topological polar surface area (TPSA) is 84.5 Å². The number of para-hydroxylation sites is 1. The van der Waals surface area contributed by atoms with Crippen LogP contribution in [0.4, 0.5) is 5.69 Å². The van der Waals surface area contributed by atoms with Crippen LogP contribution in [-0.2, 0) is 10.0 Å². The third-order valence-corrected chi connectivity index (χ3v) is 6.76. The first kappa shape index (κ1) is 22.4. The first-order chi connectivity index (χ1) is 15.9. The van der Waals surface area contributed by atoms with Gasteiger partial charge in [-0.15, -0.1) is 0 Å². The van der Waals surface area contributed by atoms with Crippen LogP contribution in [0.1, 0.15) is 28.9 Å². The molecule has 0 aliphatic rings. The predicted octanol–water partition coefficient (Wildman–Crippen LogP) is 5.14. The number of hydrogen-bond acceptors (Lipinski definition) is 4. The summed E-state index contributed by atoms with van der Waals surface area (Å²) in [4.78, 5) is 13.1. The van der Waals surface area contributed by atoms with Gasteiger partial charge < -0.3 is 10.1 Å². The van der Waals surface area contributed by atoms with Crippen LogP contribution in [0, 0.1) is 0 Å². The number of sulfonamides is 1. The summed E-state index contributed by atoms with van der Waals surface area (Å²) in [6.07, 6.45) is 0. The van der Waals surface area contributed by atoms with Crippen molar-refractivity contribution in [3.8, 4) is 5.75 Å².